The quantitative estimate of drug-likeness (QED) is 0.748. The lowest BCUT2D eigenvalue weighted by Crippen LogP contribution is -2.38. The van der Waals surface area contributed by atoms with Gasteiger partial charge in [-0.2, -0.15) is 0 Å². The number of rotatable bonds is 6. The fraction of sp³-hybridized carbons (Fsp3) is 0.562. The van der Waals surface area contributed by atoms with Crippen molar-refractivity contribution < 1.29 is 14.3 Å². The molecule has 1 aliphatic rings. The summed E-state index contributed by atoms with van der Waals surface area (Å²) in [5, 5.41) is 0. The van der Waals surface area contributed by atoms with E-state index < -0.39 is 0 Å². The van der Waals surface area contributed by atoms with Crippen molar-refractivity contribution in [3.05, 3.63) is 23.8 Å². The van der Waals surface area contributed by atoms with Gasteiger partial charge in [0.2, 0.25) is 0 Å². The van der Waals surface area contributed by atoms with Gasteiger partial charge in [-0.1, -0.05) is 12.1 Å². The Labute approximate surface area is 120 Å². The number of para-hydroxylation sites is 1. The van der Waals surface area contributed by atoms with Gasteiger partial charge in [0.05, 0.1) is 7.11 Å². The number of hydrogen-bond acceptors (Lipinski definition) is 4. The molecule has 0 saturated carbocycles. The Hall–Kier alpha value is -1.55. The summed E-state index contributed by atoms with van der Waals surface area (Å²) in [6.07, 6.45) is 4.56. The smallest absolute Gasteiger partial charge is 0.164 e. The zero-order chi connectivity index (χ0) is 14.4. The number of aryl methyl sites for hydroxylation is 1. The number of benzene rings is 1. The predicted molar refractivity (Wildman–Crippen MR) is 78.5 cm³/mol. The Balaban J connectivity index is 2.16. The first kappa shape index (κ1) is 14.9. The van der Waals surface area contributed by atoms with Gasteiger partial charge in [-0.15, -0.1) is 0 Å². The molecule has 4 nitrogen and oxygen atoms in total. The number of hydrogen-bond donors (Lipinski definition) is 0. The number of likely N-dealkylation sites (tertiary alicyclic amines) is 1. The Bertz CT molecular complexity index is 447. The maximum atomic E-state index is 10.6. The molecule has 4 heteroatoms. The average Bonchev–Trinajstić information content (AvgIpc) is 2.46. The average molecular weight is 277 g/mol. The van der Waals surface area contributed by atoms with E-state index in [1.165, 1.54) is 0 Å². The van der Waals surface area contributed by atoms with Crippen LogP contribution >= 0.6 is 0 Å². The number of ether oxygens (including phenoxy) is 2. The molecular weight excluding hydrogens is 254 g/mol. The van der Waals surface area contributed by atoms with Crippen molar-refractivity contribution in [1.29, 1.82) is 0 Å². The highest BCUT2D eigenvalue weighted by Gasteiger charge is 2.21. The molecule has 0 radical (unpaired) electrons. The molecule has 110 valence electrons. The second kappa shape index (κ2) is 7.29. The fourth-order valence-electron chi connectivity index (χ4n) is 2.65. The number of likely N-dealkylation sites (N-methyl/N-ethyl adjacent to an activating group) is 1. The number of carbonyl (C=O) groups is 1. The summed E-state index contributed by atoms with van der Waals surface area (Å²) in [6.45, 7) is 2.06. The molecular formula is C16H23NO3. The maximum absolute atomic E-state index is 10.6. The second-order valence-electron chi connectivity index (χ2n) is 5.30. The molecule has 1 aromatic rings. The molecule has 0 aliphatic carbocycles. The van der Waals surface area contributed by atoms with E-state index in [4.69, 9.17) is 9.47 Å². The number of methoxy groups -OCH3 is 1. The first-order chi connectivity index (χ1) is 9.74. The molecule has 0 aromatic heterocycles. The highest BCUT2D eigenvalue weighted by atomic mass is 16.5. The molecule has 1 saturated heterocycles. The Morgan fingerprint density at radius 2 is 2.30 bits per heavy atom. The van der Waals surface area contributed by atoms with Crippen molar-refractivity contribution in [3.63, 3.8) is 0 Å². The lowest BCUT2D eigenvalue weighted by Gasteiger charge is -2.31. The van der Waals surface area contributed by atoms with Gasteiger partial charge >= 0.3 is 0 Å². The van der Waals surface area contributed by atoms with Crippen LogP contribution in [0.3, 0.4) is 0 Å². The van der Waals surface area contributed by atoms with Crippen LogP contribution < -0.4 is 9.47 Å². The van der Waals surface area contributed by atoms with E-state index in [1.807, 2.05) is 18.2 Å². The van der Waals surface area contributed by atoms with Crippen LogP contribution in [0.5, 0.6) is 11.5 Å². The molecule has 1 fully saturated rings. The van der Waals surface area contributed by atoms with Gasteiger partial charge in [0.15, 0.2) is 11.5 Å². The van der Waals surface area contributed by atoms with Gasteiger partial charge in [0.25, 0.3) is 0 Å². The Morgan fingerprint density at radius 3 is 3.00 bits per heavy atom. The summed E-state index contributed by atoms with van der Waals surface area (Å²) in [6, 6.07) is 5.86. The second-order valence-corrected chi connectivity index (χ2v) is 5.30. The highest BCUT2D eigenvalue weighted by Crippen LogP contribution is 2.33. The van der Waals surface area contributed by atoms with Crippen LogP contribution in [-0.2, 0) is 11.2 Å². The fourth-order valence-corrected chi connectivity index (χ4v) is 2.65. The van der Waals surface area contributed by atoms with E-state index in [9.17, 15) is 4.79 Å². The third-order valence-corrected chi connectivity index (χ3v) is 3.68. The molecule has 1 aliphatic heterocycles. The minimum atomic E-state index is 0.194. The molecule has 1 unspecified atom stereocenters. The molecule has 1 heterocycles. The number of carbonyl (C=O) groups excluding carboxylic acids is 1. The van der Waals surface area contributed by atoms with Crippen LogP contribution in [0.25, 0.3) is 0 Å². The topological polar surface area (TPSA) is 38.8 Å². The van der Waals surface area contributed by atoms with Crippen LogP contribution in [0, 0.1) is 0 Å². The lowest BCUT2D eigenvalue weighted by atomic mass is 10.1. The van der Waals surface area contributed by atoms with Crippen molar-refractivity contribution in [3.8, 4) is 11.5 Å². The highest BCUT2D eigenvalue weighted by molar-refractivity contribution is 5.53. The number of piperidine rings is 1. The van der Waals surface area contributed by atoms with Crippen LogP contribution in [0.4, 0.5) is 0 Å². The summed E-state index contributed by atoms with van der Waals surface area (Å²) >= 11 is 0. The standard InChI is InChI=1S/C16H23NO3/c1-17-10-4-8-14(12-17)20-16-13(7-5-11-18)6-3-9-15(16)19-2/h3,6,9,11,14H,4-5,7-8,10,12H2,1-2H3. The van der Waals surface area contributed by atoms with E-state index in [0.29, 0.717) is 12.8 Å². The third-order valence-electron chi connectivity index (χ3n) is 3.68. The zero-order valence-corrected chi connectivity index (χ0v) is 12.3. The van der Waals surface area contributed by atoms with Crippen molar-refractivity contribution in [1.82, 2.24) is 4.90 Å². The summed E-state index contributed by atoms with van der Waals surface area (Å²) in [5.41, 5.74) is 1.05. The minimum absolute atomic E-state index is 0.194. The van der Waals surface area contributed by atoms with Crippen molar-refractivity contribution >= 4 is 6.29 Å². The van der Waals surface area contributed by atoms with E-state index >= 15 is 0 Å². The zero-order valence-electron chi connectivity index (χ0n) is 12.3. The van der Waals surface area contributed by atoms with Gasteiger partial charge in [-0.05, 0) is 44.5 Å². The van der Waals surface area contributed by atoms with Gasteiger partial charge in [-0.3, -0.25) is 0 Å². The summed E-state index contributed by atoms with van der Waals surface area (Å²) in [4.78, 5) is 12.9. The van der Waals surface area contributed by atoms with Crippen molar-refractivity contribution in [2.24, 2.45) is 0 Å². The van der Waals surface area contributed by atoms with Crippen molar-refractivity contribution in [2.45, 2.75) is 31.8 Å². The molecule has 0 N–H and O–H groups in total. The van der Waals surface area contributed by atoms with Crippen LogP contribution in [0.1, 0.15) is 24.8 Å². The minimum Gasteiger partial charge on any atom is -0.493 e. The van der Waals surface area contributed by atoms with Crippen molar-refractivity contribution in [2.75, 3.05) is 27.2 Å². The van der Waals surface area contributed by atoms with Crippen LogP contribution in [-0.4, -0.2) is 44.5 Å². The van der Waals surface area contributed by atoms with Gasteiger partial charge in [0, 0.05) is 13.0 Å². The van der Waals surface area contributed by atoms with Crippen LogP contribution in [0.15, 0.2) is 18.2 Å². The summed E-state index contributed by atoms with van der Waals surface area (Å²) in [7, 11) is 3.77. The van der Waals surface area contributed by atoms with E-state index in [-0.39, 0.29) is 6.10 Å². The predicted octanol–water partition coefficient (Wildman–Crippen LogP) is 2.30. The monoisotopic (exact) mass is 277 g/mol. The van der Waals surface area contributed by atoms with Gasteiger partial charge in [0.1, 0.15) is 12.4 Å². The normalized spacial score (nSPS) is 19.6. The van der Waals surface area contributed by atoms with Gasteiger partial charge < -0.3 is 19.2 Å². The Kier molecular flexibility index (Phi) is 5.41. The first-order valence-electron chi connectivity index (χ1n) is 7.19. The molecule has 0 bridgehead atoms. The molecule has 0 spiro atoms. The summed E-state index contributed by atoms with van der Waals surface area (Å²) < 4.78 is 11.6. The Morgan fingerprint density at radius 1 is 1.45 bits per heavy atom. The number of nitrogens with zero attached hydrogens (tertiary/aromatic N) is 1. The van der Waals surface area contributed by atoms with E-state index in [1.54, 1.807) is 7.11 Å². The molecule has 0 amide bonds. The maximum Gasteiger partial charge on any atom is 0.164 e. The molecule has 1 aromatic carbocycles. The lowest BCUT2D eigenvalue weighted by molar-refractivity contribution is -0.107. The van der Waals surface area contributed by atoms with Crippen LogP contribution in [0.2, 0.25) is 0 Å². The largest absolute Gasteiger partial charge is 0.493 e. The first-order valence-corrected chi connectivity index (χ1v) is 7.19. The number of aldehydes is 1. The van der Waals surface area contributed by atoms with E-state index in [0.717, 1.165) is 49.3 Å². The molecule has 1 atom stereocenters. The molecule has 20 heavy (non-hydrogen) atoms. The van der Waals surface area contributed by atoms with Gasteiger partial charge in [-0.25, -0.2) is 0 Å². The molecule has 2 rings (SSSR count). The SMILES string of the molecule is COc1cccc(CCC=O)c1OC1CCCN(C)C1. The van der Waals surface area contributed by atoms with E-state index in [2.05, 4.69) is 11.9 Å². The third kappa shape index (κ3) is 3.73. The summed E-state index contributed by atoms with van der Waals surface area (Å²) in [5.74, 6) is 1.55.